The number of nitrogens with zero attached hydrogens (tertiary/aromatic N) is 4. The van der Waals surface area contributed by atoms with Crippen molar-refractivity contribution >= 4 is 23.5 Å². The van der Waals surface area contributed by atoms with Gasteiger partial charge in [-0.05, 0) is 74.2 Å². The molecule has 3 fully saturated rings. The first kappa shape index (κ1) is 25.2. The molecule has 3 aliphatic rings. The number of aromatic nitrogens is 2. The fourth-order valence-corrected chi connectivity index (χ4v) is 5.46. The second kappa shape index (κ2) is 11.3. The average Bonchev–Trinajstić information content (AvgIpc) is 3.67. The minimum absolute atomic E-state index is 0.117. The number of amides is 1. The van der Waals surface area contributed by atoms with E-state index in [1.807, 2.05) is 6.07 Å². The number of benzene rings is 1. The van der Waals surface area contributed by atoms with E-state index in [2.05, 4.69) is 20.1 Å². The van der Waals surface area contributed by atoms with E-state index in [4.69, 9.17) is 21.3 Å². The Morgan fingerprint density at radius 1 is 1.11 bits per heavy atom. The van der Waals surface area contributed by atoms with Crippen molar-refractivity contribution in [1.29, 1.82) is 0 Å². The fraction of sp³-hybridized carbons (Fsp3) is 0.593. The van der Waals surface area contributed by atoms with Crippen LogP contribution in [0.4, 0.5) is 5.95 Å². The number of anilines is 1. The number of halogens is 1. The molecule has 0 radical (unpaired) electrons. The monoisotopic (exact) mass is 513 g/mol. The van der Waals surface area contributed by atoms with Crippen LogP contribution in [0.1, 0.15) is 66.4 Å². The van der Waals surface area contributed by atoms with E-state index in [1.165, 1.54) is 44.9 Å². The van der Waals surface area contributed by atoms with E-state index in [-0.39, 0.29) is 25.0 Å². The summed E-state index contributed by atoms with van der Waals surface area (Å²) in [6.07, 6.45) is 10.3. The summed E-state index contributed by atoms with van der Waals surface area (Å²) in [6.45, 7) is 5.55. The molecule has 1 amide bonds. The Morgan fingerprint density at radius 2 is 1.89 bits per heavy atom. The summed E-state index contributed by atoms with van der Waals surface area (Å²) in [7, 11) is 0. The number of likely N-dealkylation sites (tertiary alicyclic amines) is 1. The van der Waals surface area contributed by atoms with Crippen molar-refractivity contribution in [2.75, 3.05) is 44.2 Å². The van der Waals surface area contributed by atoms with Gasteiger partial charge in [-0.2, -0.15) is 4.98 Å². The Labute approximate surface area is 218 Å². The number of aliphatic hydroxyl groups is 1. The predicted molar refractivity (Wildman–Crippen MR) is 139 cm³/mol. The first-order chi connectivity index (χ1) is 17.5. The minimum atomic E-state index is -0.224. The van der Waals surface area contributed by atoms with Crippen molar-refractivity contribution in [3.63, 3.8) is 0 Å². The summed E-state index contributed by atoms with van der Waals surface area (Å²) in [6, 6.07) is 5.41. The van der Waals surface area contributed by atoms with Crippen LogP contribution in [0.3, 0.4) is 0 Å². The highest BCUT2D eigenvalue weighted by atomic mass is 35.5. The third kappa shape index (κ3) is 6.10. The van der Waals surface area contributed by atoms with Crippen LogP contribution in [0, 0.1) is 5.41 Å². The van der Waals surface area contributed by atoms with Crippen LogP contribution in [-0.2, 0) is 13.2 Å². The van der Waals surface area contributed by atoms with E-state index in [9.17, 15) is 9.90 Å². The van der Waals surface area contributed by atoms with Crippen molar-refractivity contribution in [3.8, 4) is 5.88 Å². The zero-order chi connectivity index (χ0) is 25.0. The predicted octanol–water partition coefficient (Wildman–Crippen LogP) is 3.80. The number of carbonyl (C=O) groups is 1. The molecule has 1 spiro atoms. The van der Waals surface area contributed by atoms with Gasteiger partial charge in [-0.25, -0.2) is 4.98 Å². The second-order valence-electron chi connectivity index (χ2n) is 10.4. The average molecular weight is 514 g/mol. The molecule has 0 bridgehead atoms. The maximum Gasteiger partial charge on any atom is 0.258 e. The number of aliphatic hydroxyl groups excluding tert-OH is 1. The van der Waals surface area contributed by atoms with E-state index >= 15 is 0 Å². The Balaban J connectivity index is 1.28. The van der Waals surface area contributed by atoms with Gasteiger partial charge in [0, 0.05) is 37.4 Å². The number of ether oxygens (including phenoxy) is 1. The highest BCUT2D eigenvalue weighted by Crippen LogP contribution is 2.53. The molecule has 1 saturated carbocycles. The fourth-order valence-electron chi connectivity index (χ4n) is 5.20. The molecule has 2 saturated heterocycles. The molecule has 0 unspecified atom stereocenters. The van der Waals surface area contributed by atoms with Crippen LogP contribution in [0.5, 0.6) is 5.88 Å². The van der Waals surface area contributed by atoms with Crippen LogP contribution >= 0.6 is 11.6 Å². The highest BCUT2D eigenvalue weighted by molar-refractivity contribution is 6.31. The van der Waals surface area contributed by atoms with E-state index in [0.717, 1.165) is 38.3 Å². The van der Waals surface area contributed by atoms with Gasteiger partial charge >= 0.3 is 0 Å². The maximum absolute atomic E-state index is 13.1. The number of nitrogens with one attached hydrogen (secondary N) is 1. The van der Waals surface area contributed by atoms with Crippen LogP contribution in [0.15, 0.2) is 24.4 Å². The number of piperidine rings is 2. The smallest absolute Gasteiger partial charge is 0.258 e. The van der Waals surface area contributed by atoms with E-state index in [0.29, 0.717) is 34.1 Å². The number of hydrogen-bond donors (Lipinski definition) is 2. The third-order valence-corrected chi connectivity index (χ3v) is 8.23. The SMILES string of the molecule is O=C(NCCN1CCCCC1)c1cnc(N2CCC3(CC2)CC3)nc1OCc1ccc(CO)c(Cl)c1. The molecular weight excluding hydrogens is 478 g/mol. The van der Waals surface area contributed by atoms with Crippen molar-refractivity contribution in [3.05, 3.63) is 46.1 Å². The lowest BCUT2D eigenvalue weighted by molar-refractivity contribution is 0.0940. The molecule has 1 aromatic heterocycles. The van der Waals surface area contributed by atoms with Gasteiger partial charge in [0.15, 0.2) is 0 Å². The molecule has 2 aromatic rings. The van der Waals surface area contributed by atoms with Gasteiger partial charge in [-0.15, -0.1) is 0 Å². The summed E-state index contributed by atoms with van der Waals surface area (Å²) in [4.78, 5) is 26.9. The lowest BCUT2D eigenvalue weighted by atomic mass is 9.94. The zero-order valence-corrected chi connectivity index (χ0v) is 21.6. The van der Waals surface area contributed by atoms with Crippen molar-refractivity contribution in [1.82, 2.24) is 20.2 Å². The molecule has 1 aromatic carbocycles. The Bertz CT molecular complexity index is 1060. The summed E-state index contributed by atoms with van der Waals surface area (Å²) >= 11 is 6.25. The van der Waals surface area contributed by atoms with Gasteiger partial charge in [-0.1, -0.05) is 30.2 Å². The Kier molecular flexibility index (Phi) is 7.93. The summed E-state index contributed by atoms with van der Waals surface area (Å²) in [5.41, 5.74) is 2.40. The van der Waals surface area contributed by atoms with Gasteiger partial charge in [0.1, 0.15) is 12.2 Å². The minimum Gasteiger partial charge on any atom is -0.472 e. The van der Waals surface area contributed by atoms with E-state index < -0.39 is 0 Å². The molecule has 9 heteroatoms. The number of rotatable bonds is 9. The van der Waals surface area contributed by atoms with Gasteiger partial charge in [-0.3, -0.25) is 4.79 Å². The molecule has 2 N–H and O–H groups in total. The Hall–Kier alpha value is -2.42. The Morgan fingerprint density at radius 3 is 2.58 bits per heavy atom. The summed E-state index contributed by atoms with van der Waals surface area (Å²) in [5, 5.41) is 12.9. The molecule has 2 aliphatic heterocycles. The van der Waals surface area contributed by atoms with E-state index in [1.54, 1.807) is 18.3 Å². The molecule has 8 nitrogen and oxygen atoms in total. The van der Waals surface area contributed by atoms with Crippen molar-refractivity contribution in [2.45, 2.75) is 58.2 Å². The first-order valence-electron chi connectivity index (χ1n) is 13.2. The van der Waals surface area contributed by atoms with Crippen LogP contribution in [0.2, 0.25) is 5.02 Å². The van der Waals surface area contributed by atoms with Crippen LogP contribution < -0.4 is 15.0 Å². The quantitative estimate of drug-likeness (QED) is 0.527. The molecule has 1 aliphatic carbocycles. The van der Waals surface area contributed by atoms with Crippen molar-refractivity contribution < 1.29 is 14.6 Å². The molecule has 0 atom stereocenters. The number of hydrogen-bond acceptors (Lipinski definition) is 7. The van der Waals surface area contributed by atoms with Gasteiger partial charge < -0.3 is 25.0 Å². The molecular formula is C27H36ClN5O3. The number of carbonyl (C=O) groups excluding carboxylic acids is 1. The van der Waals surface area contributed by atoms with Gasteiger partial charge in [0.25, 0.3) is 5.91 Å². The first-order valence-corrected chi connectivity index (χ1v) is 13.6. The normalized spacial score (nSPS) is 19.3. The van der Waals surface area contributed by atoms with Crippen molar-refractivity contribution in [2.24, 2.45) is 5.41 Å². The maximum atomic E-state index is 13.1. The zero-order valence-electron chi connectivity index (χ0n) is 20.8. The summed E-state index contributed by atoms with van der Waals surface area (Å²) in [5.74, 6) is 0.668. The highest BCUT2D eigenvalue weighted by Gasteiger charge is 2.44. The lowest BCUT2D eigenvalue weighted by Crippen LogP contribution is -2.38. The second-order valence-corrected chi connectivity index (χ2v) is 10.8. The van der Waals surface area contributed by atoms with Crippen LogP contribution in [0.25, 0.3) is 0 Å². The lowest BCUT2D eigenvalue weighted by Gasteiger charge is -2.32. The molecule has 194 valence electrons. The molecule has 5 rings (SSSR count). The third-order valence-electron chi connectivity index (χ3n) is 7.88. The standard InChI is InChI=1S/C27H36ClN5O3/c28-23-16-20(4-5-21(23)18-34)19-36-25-22(24(35)29-10-15-32-11-2-1-3-12-32)17-30-26(31-25)33-13-8-27(6-7-27)9-14-33/h4-5,16-17,34H,1-3,6-15,18-19H2,(H,29,35). The van der Waals surface area contributed by atoms with Gasteiger partial charge in [0.2, 0.25) is 11.8 Å². The topological polar surface area (TPSA) is 90.8 Å². The van der Waals surface area contributed by atoms with Gasteiger partial charge in [0.05, 0.1) is 6.61 Å². The molecule has 36 heavy (non-hydrogen) atoms. The molecule has 3 heterocycles. The summed E-state index contributed by atoms with van der Waals surface area (Å²) < 4.78 is 6.08. The largest absolute Gasteiger partial charge is 0.472 e. The van der Waals surface area contributed by atoms with Crippen LogP contribution in [-0.4, -0.2) is 65.2 Å².